The van der Waals surface area contributed by atoms with Crippen LogP contribution in [0.2, 0.25) is 0 Å². The molecule has 0 amide bonds. The number of carboxylic acid groups (broad SMARTS) is 1. The maximum absolute atomic E-state index is 11.4. The second kappa shape index (κ2) is 7.74. The van der Waals surface area contributed by atoms with Crippen molar-refractivity contribution in [3.8, 4) is 22.9 Å². The summed E-state index contributed by atoms with van der Waals surface area (Å²) in [6, 6.07) is 9.65. The number of nitriles is 1. The van der Waals surface area contributed by atoms with Crippen LogP contribution in [-0.2, 0) is 9.53 Å². The van der Waals surface area contributed by atoms with Gasteiger partial charge >= 0.3 is 11.9 Å². The fourth-order valence-electron chi connectivity index (χ4n) is 1.94. The van der Waals surface area contributed by atoms with Crippen LogP contribution in [0.1, 0.15) is 23.0 Å². The number of hydrogen-bond acceptors (Lipinski definition) is 6. The molecule has 24 heavy (non-hydrogen) atoms. The Balaban J connectivity index is 2.26. The van der Waals surface area contributed by atoms with Crippen LogP contribution in [0.5, 0.6) is 5.75 Å². The van der Waals surface area contributed by atoms with Crippen LogP contribution in [0, 0.1) is 11.3 Å². The SMILES string of the molecule is CCOC(=O)COc1cc(-c2ccc(C(=O)O)cc2)cnc1C#N. The number of aromatic carboxylic acids is 1. The molecule has 1 N–H and O–H groups in total. The quantitative estimate of drug-likeness (QED) is 0.811. The number of rotatable bonds is 6. The smallest absolute Gasteiger partial charge is 0.344 e. The molecule has 2 rings (SSSR count). The van der Waals surface area contributed by atoms with Gasteiger partial charge in [0.2, 0.25) is 0 Å². The summed E-state index contributed by atoms with van der Waals surface area (Å²) in [7, 11) is 0. The van der Waals surface area contributed by atoms with Gasteiger partial charge in [0.05, 0.1) is 12.2 Å². The highest BCUT2D eigenvalue weighted by molar-refractivity contribution is 5.88. The number of carbonyl (C=O) groups excluding carboxylic acids is 1. The summed E-state index contributed by atoms with van der Waals surface area (Å²) >= 11 is 0. The highest BCUT2D eigenvalue weighted by Crippen LogP contribution is 2.25. The molecular weight excluding hydrogens is 312 g/mol. The van der Waals surface area contributed by atoms with Crippen molar-refractivity contribution in [3.63, 3.8) is 0 Å². The van der Waals surface area contributed by atoms with Gasteiger partial charge < -0.3 is 14.6 Å². The Kier molecular flexibility index (Phi) is 5.47. The second-order valence-electron chi connectivity index (χ2n) is 4.66. The third-order valence-electron chi connectivity index (χ3n) is 3.07. The largest absolute Gasteiger partial charge is 0.479 e. The zero-order valence-electron chi connectivity index (χ0n) is 12.9. The van der Waals surface area contributed by atoms with E-state index in [0.717, 1.165) is 0 Å². The molecule has 0 aliphatic carbocycles. The number of hydrogen-bond donors (Lipinski definition) is 1. The number of benzene rings is 1. The Hall–Kier alpha value is -3.40. The summed E-state index contributed by atoms with van der Waals surface area (Å²) in [6.45, 7) is 1.59. The Morgan fingerprint density at radius 1 is 1.25 bits per heavy atom. The highest BCUT2D eigenvalue weighted by Gasteiger charge is 2.11. The molecule has 1 aromatic heterocycles. The van der Waals surface area contributed by atoms with Crippen molar-refractivity contribution in [1.29, 1.82) is 5.26 Å². The van der Waals surface area contributed by atoms with E-state index < -0.39 is 11.9 Å². The minimum atomic E-state index is -1.02. The van der Waals surface area contributed by atoms with Gasteiger partial charge in [-0.3, -0.25) is 0 Å². The third kappa shape index (κ3) is 4.08. The lowest BCUT2D eigenvalue weighted by Crippen LogP contribution is -2.15. The van der Waals surface area contributed by atoms with Gasteiger partial charge in [-0.1, -0.05) is 12.1 Å². The predicted molar refractivity (Wildman–Crippen MR) is 83.5 cm³/mol. The molecule has 0 unspecified atom stereocenters. The van der Waals surface area contributed by atoms with Crippen molar-refractivity contribution in [3.05, 3.63) is 47.8 Å². The minimum Gasteiger partial charge on any atom is -0.479 e. The first-order valence-corrected chi connectivity index (χ1v) is 7.07. The Labute approximate surface area is 138 Å². The van der Waals surface area contributed by atoms with E-state index in [4.69, 9.17) is 19.8 Å². The van der Waals surface area contributed by atoms with Gasteiger partial charge in [0, 0.05) is 11.8 Å². The van der Waals surface area contributed by atoms with E-state index in [0.29, 0.717) is 11.1 Å². The van der Waals surface area contributed by atoms with Crippen LogP contribution in [0.15, 0.2) is 36.5 Å². The first-order valence-electron chi connectivity index (χ1n) is 7.07. The Morgan fingerprint density at radius 2 is 1.96 bits per heavy atom. The van der Waals surface area contributed by atoms with Gasteiger partial charge in [-0.25, -0.2) is 14.6 Å². The molecule has 0 spiro atoms. The standard InChI is InChI=1S/C17H14N2O5/c1-2-23-16(20)10-24-15-7-13(9-19-14(15)8-18)11-3-5-12(6-4-11)17(21)22/h3-7,9H,2,10H2,1H3,(H,21,22). The topological polar surface area (TPSA) is 110 Å². The zero-order valence-corrected chi connectivity index (χ0v) is 12.9. The summed E-state index contributed by atoms with van der Waals surface area (Å²) in [5.74, 6) is -1.40. The zero-order chi connectivity index (χ0) is 17.5. The van der Waals surface area contributed by atoms with Crippen molar-refractivity contribution < 1.29 is 24.2 Å². The van der Waals surface area contributed by atoms with Crippen LogP contribution in [0.4, 0.5) is 0 Å². The van der Waals surface area contributed by atoms with E-state index in [1.807, 2.05) is 6.07 Å². The molecule has 0 bridgehead atoms. The fraction of sp³-hybridized carbons (Fsp3) is 0.176. The molecule has 1 heterocycles. The molecule has 7 heteroatoms. The summed E-state index contributed by atoms with van der Waals surface area (Å²) < 4.78 is 10.1. The Bertz CT molecular complexity index is 794. The summed E-state index contributed by atoms with van der Waals surface area (Å²) in [5, 5.41) is 18.0. The van der Waals surface area contributed by atoms with Gasteiger partial charge in [-0.2, -0.15) is 5.26 Å². The highest BCUT2D eigenvalue weighted by atomic mass is 16.6. The molecule has 0 fully saturated rings. The van der Waals surface area contributed by atoms with E-state index in [1.54, 1.807) is 25.1 Å². The van der Waals surface area contributed by atoms with Crippen LogP contribution in [0.3, 0.4) is 0 Å². The van der Waals surface area contributed by atoms with Gasteiger partial charge in [0.25, 0.3) is 0 Å². The maximum Gasteiger partial charge on any atom is 0.344 e. The van der Waals surface area contributed by atoms with E-state index >= 15 is 0 Å². The van der Waals surface area contributed by atoms with Gasteiger partial charge in [-0.05, 0) is 30.7 Å². The van der Waals surface area contributed by atoms with Crippen LogP contribution >= 0.6 is 0 Å². The van der Waals surface area contributed by atoms with E-state index in [1.165, 1.54) is 18.3 Å². The summed E-state index contributed by atoms with van der Waals surface area (Å²) in [6.07, 6.45) is 1.48. The third-order valence-corrected chi connectivity index (χ3v) is 3.07. The second-order valence-corrected chi connectivity index (χ2v) is 4.66. The summed E-state index contributed by atoms with van der Waals surface area (Å²) in [5.41, 5.74) is 1.55. The number of carbonyl (C=O) groups is 2. The lowest BCUT2D eigenvalue weighted by molar-refractivity contribution is -0.145. The van der Waals surface area contributed by atoms with Crippen molar-refractivity contribution in [2.24, 2.45) is 0 Å². The van der Waals surface area contributed by atoms with E-state index in [9.17, 15) is 9.59 Å². The van der Waals surface area contributed by atoms with Crippen LogP contribution in [0.25, 0.3) is 11.1 Å². The van der Waals surface area contributed by atoms with Crippen LogP contribution in [-0.4, -0.2) is 35.2 Å². The average molecular weight is 326 g/mol. The van der Waals surface area contributed by atoms with Gasteiger partial charge in [-0.15, -0.1) is 0 Å². The molecule has 0 aliphatic rings. The molecule has 0 saturated heterocycles. The van der Waals surface area contributed by atoms with Gasteiger partial charge in [0.15, 0.2) is 18.1 Å². The maximum atomic E-state index is 11.4. The van der Waals surface area contributed by atoms with Gasteiger partial charge in [0.1, 0.15) is 6.07 Å². The monoisotopic (exact) mass is 326 g/mol. The van der Waals surface area contributed by atoms with Crippen LogP contribution < -0.4 is 4.74 Å². The molecule has 7 nitrogen and oxygen atoms in total. The number of nitrogens with zero attached hydrogens (tertiary/aromatic N) is 2. The van der Waals surface area contributed by atoms with E-state index in [-0.39, 0.29) is 30.2 Å². The van der Waals surface area contributed by atoms with Crippen molar-refractivity contribution in [2.75, 3.05) is 13.2 Å². The molecule has 2 aromatic rings. The van der Waals surface area contributed by atoms with Crippen molar-refractivity contribution >= 4 is 11.9 Å². The molecule has 1 aromatic carbocycles. The van der Waals surface area contributed by atoms with Crippen molar-refractivity contribution in [2.45, 2.75) is 6.92 Å². The fourth-order valence-corrected chi connectivity index (χ4v) is 1.94. The minimum absolute atomic E-state index is 0.0465. The molecule has 0 aliphatic heterocycles. The van der Waals surface area contributed by atoms with Crippen molar-refractivity contribution in [1.82, 2.24) is 4.98 Å². The lowest BCUT2D eigenvalue weighted by Gasteiger charge is -2.09. The predicted octanol–water partition coefficient (Wildman–Crippen LogP) is 2.26. The molecular formula is C17H14N2O5. The summed E-state index contributed by atoms with van der Waals surface area (Å²) in [4.78, 5) is 26.2. The number of ether oxygens (including phenoxy) is 2. The molecule has 0 saturated carbocycles. The first-order chi connectivity index (χ1) is 11.5. The number of carboxylic acids is 1. The molecule has 0 atom stereocenters. The lowest BCUT2D eigenvalue weighted by atomic mass is 10.1. The molecule has 0 radical (unpaired) electrons. The molecule has 122 valence electrons. The van der Waals surface area contributed by atoms with E-state index in [2.05, 4.69) is 4.98 Å². The first kappa shape index (κ1) is 17.0. The number of esters is 1. The number of pyridine rings is 1. The average Bonchev–Trinajstić information content (AvgIpc) is 2.60. The number of aromatic nitrogens is 1. The Morgan fingerprint density at radius 3 is 2.54 bits per heavy atom. The normalized spacial score (nSPS) is 9.83.